The number of benzene rings is 1. The van der Waals surface area contributed by atoms with Crippen LogP contribution in [0.15, 0.2) is 27.7 Å². The molecule has 1 fully saturated rings. The molecule has 1 aromatic rings. The largest absolute Gasteiger partial charge is 0.408 e. The van der Waals surface area contributed by atoms with Gasteiger partial charge < -0.3 is 0 Å². The maximum atomic E-state index is 13.0. The average molecular weight is 464 g/mol. The van der Waals surface area contributed by atoms with Gasteiger partial charge in [-0.1, -0.05) is 41.3 Å². The van der Waals surface area contributed by atoms with E-state index in [0.717, 1.165) is 35.7 Å². The van der Waals surface area contributed by atoms with Crippen LogP contribution in [-0.4, -0.2) is 40.1 Å². The molecule has 4 nitrogen and oxygen atoms in total. The predicted molar refractivity (Wildman–Crippen MR) is 105 cm³/mol. The number of hydrogen-bond donors (Lipinski definition) is 1. The number of hydrazine groups is 1. The summed E-state index contributed by atoms with van der Waals surface area (Å²) in [6, 6.07) is 5.43. The van der Waals surface area contributed by atoms with Crippen LogP contribution >= 0.6 is 27.7 Å². The maximum absolute atomic E-state index is 13.0. The van der Waals surface area contributed by atoms with Gasteiger partial charge in [-0.25, -0.2) is 10.0 Å². The molecular weight excluding hydrogens is 443 g/mol. The predicted octanol–water partition coefficient (Wildman–Crippen LogP) is 4.81. The Hall–Kier alpha value is -1.22. The molecular formula is C18H21BrF3N3OS. The highest BCUT2D eigenvalue weighted by molar-refractivity contribution is 9.10. The minimum atomic E-state index is -4.49. The third-order valence-electron chi connectivity index (χ3n) is 4.61. The van der Waals surface area contributed by atoms with E-state index < -0.39 is 24.0 Å². The van der Waals surface area contributed by atoms with Crippen LogP contribution in [0.25, 0.3) is 0 Å². The van der Waals surface area contributed by atoms with Crippen molar-refractivity contribution >= 4 is 39.4 Å². The fourth-order valence-electron chi connectivity index (χ4n) is 3.22. The van der Waals surface area contributed by atoms with Gasteiger partial charge in [0.1, 0.15) is 12.4 Å². The average Bonchev–Trinajstić information content (AvgIpc) is 2.60. The third-order valence-corrected chi connectivity index (χ3v) is 6.92. The number of thioether (sulfide) groups is 1. The monoisotopic (exact) mass is 463 g/mol. The third kappa shape index (κ3) is 5.40. The van der Waals surface area contributed by atoms with Crippen molar-refractivity contribution in [2.75, 3.05) is 6.54 Å². The number of aryl methyl sites for hydroxylation is 1. The number of nitrogens with one attached hydrogen (secondary N) is 1. The van der Waals surface area contributed by atoms with Gasteiger partial charge in [-0.05, 0) is 37.5 Å². The fourth-order valence-corrected chi connectivity index (χ4v) is 4.84. The summed E-state index contributed by atoms with van der Waals surface area (Å²) >= 11 is 4.80. The van der Waals surface area contributed by atoms with Crippen LogP contribution in [0.5, 0.6) is 0 Å². The molecule has 9 heteroatoms. The van der Waals surface area contributed by atoms with Crippen molar-refractivity contribution in [3.05, 3.63) is 33.8 Å². The zero-order valence-corrected chi connectivity index (χ0v) is 17.3. The molecule has 1 aliphatic carbocycles. The molecule has 0 bridgehead atoms. The van der Waals surface area contributed by atoms with Crippen LogP contribution in [0.4, 0.5) is 13.2 Å². The number of rotatable bonds is 4. The second-order valence-electron chi connectivity index (χ2n) is 6.84. The van der Waals surface area contributed by atoms with Crippen molar-refractivity contribution < 1.29 is 18.0 Å². The van der Waals surface area contributed by atoms with Crippen LogP contribution in [0.1, 0.15) is 43.2 Å². The molecule has 2 aliphatic rings. The van der Waals surface area contributed by atoms with Gasteiger partial charge in [0.2, 0.25) is 0 Å². The second kappa shape index (κ2) is 8.43. The van der Waals surface area contributed by atoms with Gasteiger partial charge >= 0.3 is 6.18 Å². The first-order chi connectivity index (χ1) is 12.7. The number of nitrogens with zero attached hydrogens (tertiary/aromatic N) is 2. The van der Waals surface area contributed by atoms with Gasteiger partial charge in [0.25, 0.3) is 5.91 Å². The van der Waals surface area contributed by atoms with E-state index in [0.29, 0.717) is 16.4 Å². The standard InChI is InChI=1S/C18H21BrF3N3OS/c1-11-9-12(7-8-14(11)19)15-23-16(27-13-5-3-2-4-6-13)17(26)25(24-15)10-18(20,21)22/h7-9,13,16H,2-6,10H2,1H3,(H,23,24). The molecule has 1 aliphatic heterocycles. The van der Waals surface area contributed by atoms with E-state index in [9.17, 15) is 18.0 Å². The first kappa shape index (κ1) is 20.5. The second-order valence-corrected chi connectivity index (χ2v) is 9.08. The Morgan fingerprint density at radius 1 is 1.30 bits per heavy atom. The maximum Gasteiger partial charge on any atom is 0.408 e. The summed E-state index contributed by atoms with van der Waals surface area (Å²) in [7, 11) is 0. The Morgan fingerprint density at radius 2 is 2.00 bits per heavy atom. The number of amidine groups is 1. The summed E-state index contributed by atoms with van der Waals surface area (Å²) in [5, 5.41) is 0.0612. The first-order valence-electron chi connectivity index (χ1n) is 8.87. The SMILES string of the molecule is Cc1cc(C2=NC(SC3CCCCC3)C(=O)N(CC(F)(F)F)N2)ccc1Br. The normalized spacial score (nSPS) is 21.8. The van der Waals surface area contributed by atoms with E-state index in [4.69, 9.17) is 0 Å². The summed E-state index contributed by atoms with van der Waals surface area (Å²) in [6.07, 6.45) is 0.814. The highest BCUT2D eigenvalue weighted by Gasteiger charge is 2.39. The molecule has 0 aromatic heterocycles. The number of alkyl halides is 3. The molecule has 1 N–H and O–H groups in total. The number of carbonyl (C=O) groups is 1. The van der Waals surface area contributed by atoms with Gasteiger partial charge in [-0.15, -0.1) is 11.8 Å². The number of aliphatic imine (C=N–C) groups is 1. The summed E-state index contributed by atoms with van der Waals surface area (Å²) in [5.74, 6) is -0.344. The van der Waals surface area contributed by atoms with E-state index in [1.54, 1.807) is 6.07 Å². The highest BCUT2D eigenvalue weighted by Crippen LogP contribution is 2.34. The van der Waals surface area contributed by atoms with E-state index in [1.807, 2.05) is 19.1 Å². The zero-order chi connectivity index (χ0) is 19.6. The van der Waals surface area contributed by atoms with Crippen molar-refractivity contribution in [2.45, 2.75) is 55.8 Å². The zero-order valence-electron chi connectivity index (χ0n) is 14.9. The summed E-state index contributed by atoms with van der Waals surface area (Å²) < 4.78 is 39.8. The molecule has 1 saturated carbocycles. The number of halogens is 4. The van der Waals surface area contributed by atoms with Gasteiger partial charge in [0.15, 0.2) is 5.37 Å². The Balaban J connectivity index is 1.88. The van der Waals surface area contributed by atoms with Gasteiger partial charge in [0.05, 0.1) is 0 Å². The summed E-state index contributed by atoms with van der Waals surface area (Å²) in [6.45, 7) is 0.548. The van der Waals surface area contributed by atoms with E-state index in [1.165, 1.54) is 18.2 Å². The Kier molecular flexibility index (Phi) is 6.40. The molecule has 0 radical (unpaired) electrons. The number of hydrogen-bond acceptors (Lipinski definition) is 4. The van der Waals surface area contributed by atoms with Crippen molar-refractivity contribution in [1.82, 2.24) is 10.4 Å². The van der Waals surface area contributed by atoms with E-state index >= 15 is 0 Å². The quantitative estimate of drug-likeness (QED) is 0.696. The lowest BCUT2D eigenvalue weighted by atomic mass is 10.0. The molecule has 1 unspecified atom stereocenters. The van der Waals surface area contributed by atoms with Crippen molar-refractivity contribution in [3.8, 4) is 0 Å². The van der Waals surface area contributed by atoms with E-state index in [-0.39, 0.29) is 5.25 Å². The molecule has 1 heterocycles. The van der Waals surface area contributed by atoms with E-state index in [2.05, 4.69) is 26.3 Å². The molecule has 0 spiro atoms. The molecule has 1 aromatic carbocycles. The molecule has 1 amide bonds. The van der Waals surface area contributed by atoms with Crippen molar-refractivity contribution in [2.24, 2.45) is 4.99 Å². The topological polar surface area (TPSA) is 44.7 Å². The number of amides is 1. The van der Waals surface area contributed by atoms with Crippen LogP contribution in [0, 0.1) is 6.92 Å². The Bertz CT molecular complexity index is 735. The minimum absolute atomic E-state index is 0.259. The summed E-state index contributed by atoms with van der Waals surface area (Å²) in [4.78, 5) is 17.1. The number of carbonyl (C=O) groups excluding carboxylic acids is 1. The lowest BCUT2D eigenvalue weighted by Crippen LogP contribution is -2.56. The Labute approximate surface area is 169 Å². The van der Waals surface area contributed by atoms with Gasteiger partial charge in [-0.2, -0.15) is 13.2 Å². The first-order valence-corrected chi connectivity index (χ1v) is 10.6. The molecule has 148 valence electrons. The van der Waals surface area contributed by atoms with Gasteiger partial charge in [0, 0.05) is 15.3 Å². The minimum Gasteiger partial charge on any atom is -0.279 e. The van der Waals surface area contributed by atoms with Crippen LogP contribution in [-0.2, 0) is 4.79 Å². The fraction of sp³-hybridized carbons (Fsp3) is 0.556. The molecule has 1 atom stereocenters. The van der Waals surface area contributed by atoms with Gasteiger partial charge in [-0.3, -0.25) is 10.2 Å². The lowest BCUT2D eigenvalue weighted by Gasteiger charge is -2.34. The lowest BCUT2D eigenvalue weighted by molar-refractivity contribution is -0.165. The van der Waals surface area contributed by atoms with Crippen molar-refractivity contribution in [1.29, 1.82) is 0 Å². The van der Waals surface area contributed by atoms with Crippen LogP contribution < -0.4 is 5.43 Å². The molecule has 27 heavy (non-hydrogen) atoms. The highest BCUT2D eigenvalue weighted by atomic mass is 79.9. The Morgan fingerprint density at radius 3 is 2.63 bits per heavy atom. The smallest absolute Gasteiger partial charge is 0.279 e. The summed E-state index contributed by atoms with van der Waals surface area (Å²) in [5.41, 5.74) is 4.17. The molecule has 0 saturated heterocycles. The molecule has 3 rings (SSSR count). The van der Waals surface area contributed by atoms with Crippen LogP contribution in [0.3, 0.4) is 0 Å². The van der Waals surface area contributed by atoms with Crippen molar-refractivity contribution in [3.63, 3.8) is 0 Å². The van der Waals surface area contributed by atoms with Crippen LogP contribution in [0.2, 0.25) is 0 Å².